The minimum absolute atomic E-state index is 0.101. The van der Waals surface area contributed by atoms with Crippen LogP contribution in [0.15, 0.2) is 29.2 Å². The van der Waals surface area contributed by atoms with Crippen LogP contribution in [0.25, 0.3) is 0 Å². The molecule has 154 valence electrons. The quantitative estimate of drug-likeness (QED) is 0.758. The lowest BCUT2D eigenvalue weighted by Crippen LogP contribution is -2.40. The molecule has 0 spiro atoms. The van der Waals surface area contributed by atoms with E-state index in [1.807, 2.05) is 12.1 Å². The van der Waals surface area contributed by atoms with Gasteiger partial charge in [-0.25, -0.2) is 8.42 Å². The van der Waals surface area contributed by atoms with Crippen molar-refractivity contribution in [1.29, 1.82) is 0 Å². The molecule has 5 nitrogen and oxygen atoms in total. The minimum atomic E-state index is -3.36. The molecule has 1 N–H and O–H groups in total. The highest BCUT2D eigenvalue weighted by molar-refractivity contribution is 7.89. The van der Waals surface area contributed by atoms with E-state index in [2.05, 4.69) is 12.2 Å². The smallest absolute Gasteiger partial charge is 0.243 e. The van der Waals surface area contributed by atoms with Gasteiger partial charge in [0, 0.05) is 25.6 Å². The average Bonchev–Trinajstić information content (AvgIpc) is 3.44. The Labute approximate surface area is 168 Å². The zero-order chi connectivity index (χ0) is 19.7. The molecule has 28 heavy (non-hydrogen) atoms. The van der Waals surface area contributed by atoms with Crippen molar-refractivity contribution in [1.82, 2.24) is 9.62 Å². The number of sulfonamides is 1. The van der Waals surface area contributed by atoms with E-state index >= 15 is 0 Å². The van der Waals surface area contributed by atoms with Gasteiger partial charge < -0.3 is 5.32 Å². The molecule has 1 heterocycles. The second-order valence-electron chi connectivity index (χ2n) is 8.95. The summed E-state index contributed by atoms with van der Waals surface area (Å²) in [6, 6.07) is 7.30. The van der Waals surface area contributed by atoms with E-state index in [1.54, 1.807) is 16.4 Å². The molecule has 1 aliphatic heterocycles. The van der Waals surface area contributed by atoms with Crippen molar-refractivity contribution >= 4 is 15.9 Å². The van der Waals surface area contributed by atoms with Crippen LogP contribution in [0.3, 0.4) is 0 Å². The third-order valence-corrected chi connectivity index (χ3v) is 9.00. The van der Waals surface area contributed by atoms with Crippen LogP contribution in [0.1, 0.15) is 57.4 Å². The van der Waals surface area contributed by atoms with Gasteiger partial charge in [-0.15, -0.1) is 0 Å². The predicted octanol–water partition coefficient (Wildman–Crippen LogP) is 3.34. The molecule has 3 aliphatic rings. The molecular weight excluding hydrogens is 372 g/mol. The van der Waals surface area contributed by atoms with Gasteiger partial charge in [0.05, 0.1) is 4.90 Å². The maximum Gasteiger partial charge on any atom is 0.243 e. The van der Waals surface area contributed by atoms with Crippen molar-refractivity contribution in [3.8, 4) is 0 Å². The molecule has 6 heteroatoms. The number of carbonyl (C=O) groups is 1. The molecule has 1 aromatic carbocycles. The highest BCUT2D eigenvalue weighted by Crippen LogP contribution is 2.49. The number of rotatable bonds is 7. The van der Waals surface area contributed by atoms with Crippen LogP contribution >= 0.6 is 0 Å². The van der Waals surface area contributed by atoms with Crippen molar-refractivity contribution in [2.24, 2.45) is 17.8 Å². The van der Waals surface area contributed by atoms with E-state index < -0.39 is 10.0 Å². The Balaban J connectivity index is 1.27. The Morgan fingerprint density at radius 1 is 1.14 bits per heavy atom. The molecule has 2 aliphatic carbocycles. The van der Waals surface area contributed by atoms with Gasteiger partial charge in [-0.05, 0) is 80.9 Å². The van der Waals surface area contributed by atoms with Gasteiger partial charge in [-0.3, -0.25) is 4.79 Å². The van der Waals surface area contributed by atoms with Crippen LogP contribution in [-0.4, -0.2) is 37.8 Å². The fourth-order valence-corrected chi connectivity index (χ4v) is 7.02. The molecule has 1 saturated heterocycles. The number of carbonyl (C=O) groups excluding carboxylic acids is 1. The molecule has 0 radical (unpaired) electrons. The van der Waals surface area contributed by atoms with Crippen molar-refractivity contribution < 1.29 is 13.2 Å². The van der Waals surface area contributed by atoms with Crippen LogP contribution in [0.5, 0.6) is 0 Å². The molecule has 4 atom stereocenters. The van der Waals surface area contributed by atoms with E-state index in [1.165, 1.54) is 25.7 Å². The Hall–Kier alpha value is -1.40. The summed E-state index contributed by atoms with van der Waals surface area (Å²) >= 11 is 0. The van der Waals surface area contributed by atoms with Crippen LogP contribution in [0, 0.1) is 17.8 Å². The fraction of sp³-hybridized carbons (Fsp3) is 0.682. The van der Waals surface area contributed by atoms with Crippen LogP contribution in [0.2, 0.25) is 0 Å². The summed E-state index contributed by atoms with van der Waals surface area (Å²) < 4.78 is 26.7. The number of amides is 1. The second-order valence-corrected chi connectivity index (χ2v) is 10.9. The van der Waals surface area contributed by atoms with Crippen LogP contribution < -0.4 is 5.32 Å². The Morgan fingerprint density at radius 2 is 1.86 bits per heavy atom. The van der Waals surface area contributed by atoms with Gasteiger partial charge in [0.15, 0.2) is 0 Å². The Bertz CT molecular complexity index is 800. The summed E-state index contributed by atoms with van der Waals surface area (Å²) in [5, 5.41) is 3.21. The molecule has 0 aromatic heterocycles. The lowest BCUT2D eigenvalue weighted by atomic mass is 9.84. The molecule has 0 unspecified atom stereocenters. The topological polar surface area (TPSA) is 66.5 Å². The summed E-state index contributed by atoms with van der Waals surface area (Å²) in [5.74, 6) is 2.46. The number of hydrogen-bond acceptors (Lipinski definition) is 3. The molecule has 2 saturated carbocycles. The largest absolute Gasteiger partial charge is 0.353 e. The van der Waals surface area contributed by atoms with Gasteiger partial charge in [0.1, 0.15) is 0 Å². The molecule has 4 rings (SSSR count). The van der Waals surface area contributed by atoms with Crippen molar-refractivity contribution in [2.45, 2.75) is 69.2 Å². The number of aryl methyl sites for hydroxylation is 1. The summed E-state index contributed by atoms with van der Waals surface area (Å²) in [7, 11) is -3.36. The van der Waals surface area contributed by atoms with Gasteiger partial charge in [0.25, 0.3) is 0 Å². The molecule has 1 amide bonds. The summed E-state index contributed by atoms with van der Waals surface area (Å²) in [6.45, 7) is 3.39. The first-order valence-electron chi connectivity index (χ1n) is 10.8. The highest BCUT2D eigenvalue weighted by Gasteiger charge is 2.42. The third kappa shape index (κ3) is 4.13. The number of hydrogen-bond donors (Lipinski definition) is 1. The number of fused-ring (bicyclic) bond motifs is 2. The molecule has 1 aromatic rings. The monoisotopic (exact) mass is 404 g/mol. The van der Waals surface area contributed by atoms with Crippen molar-refractivity contribution in [3.05, 3.63) is 29.8 Å². The van der Waals surface area contributed by atoms with Gasteiger partial charge in [-0.2, -0.15) is 4.31 Å². The Morgan fingerprint density at radius 3 is 2.46 bits per heavy atom. The predicted molar refractivity (Wildman–Crippen MR) is 109 cm³/mol. The van der Waals surface area contributed by atoms with Crippen LogP contribution in [-0.2, 0) is 21.2 Å². The van der Waals surface area contributed by atoms with E-state index in [0.717, 1.165) is 30.2 Å². The number of nitrogens with zero attached hydrogens (tertiary/aromatic N) is 1. The van der Waals surface area contributed by atoms with E-state index in [4.69, 9.17) is 0 Å². The Kier molecular flexibility index (Phi) is 5.79. The minimum Gasteiger partial charge on any atom is -0.353 e. The standard InChI is InChI=1S/C22H32N2O3S/c1-16(21-15-18-4-8-19(21)14-18)23-22(25)11-7-17-5-9-20(10-6-17)28(26,27)24-12-2-3-13-24/h5-6,9-10,16,18-19,21H,2-4,7-8,11-15H2,1H3,(H,23,25)/t16-,18+,19+,21-/m1/s1. The maximum absolute atomic E-state index is 12.6. The summed E-state index contributed by atoms with van der Waals surface area (Å²) in [6.07, 6.45) is 8.31. The lowest BCUT2D eigenvalue weighted by molar-refractivity contribution is -0.122. The van der Waals surface area contributed by atoms with E-state index in [0.29, 0.717) is 36.7 Å². The van der Waals surface area contributed by atoms with E-state index in [-0.39, 0.29) is 11.9 Å². The van der Waals surface area contributed by atoms with Crippen molar-refractivity contribution in [2.75, 3.05) is 13.1 Å². The van der Waals surface area contributed by atoms with E-state index in [9.17, 15) is 13.2 Å². The van der Waals surface area contributed by atoms with Gasteiger partial charge in [0.2, 0.25) is 15.9 Å². The zero-order valence-corrected chi connectivity index (χ0v) is 17.6. The molecule has 3 fully saturated rings. The summed E-state index contributed by atoms with van der Waals surface area (Å²) in [4.78, 5) is 12.7. The lowest BCUT2D eigenvalue weighted by Gasteiger charge is -2.28. The first kappa shape index (κ1) is 19.9. The first-order chi connectivity index (χ1) is 13.4. The van der Waals surface area contributed by atoms with Gasteiger partial charge >= 0.3 is 0 Å². The highest BCUT2D eigenvalue weighted by atomic mass is 32.2. The van der Waals surface area contributed by atoms with Crippen molar-refractivity contribution in [3.63, 3.8) is 0 Å². The maximum atomic E-state index is 12.6. The summed E-state index contributed by atoms with van der Waals surface area (Å²) in [5.41, 5.74) is 1.00. The fourth-order valence-electron chi connectivity index (χ4n) is 5.50. The third-order valence-electron chi connectivity index (χ3n) is 7.09. The van der Waals surface area contributed by atoms with Gasteiger partial charge in [-0.1, -0.05) is 18.6 Å². The zero-order valence-electron chi connectivity index (χ0n) is 16.8. The SMILES string of the molecule is C[C@@H](NC(=O)CCc1ccc(S(=O)(=O)N2CCCC2)cc1)[C@H]1C[C@H]2CC[C@H]1C2. The normalized spacial score (nSPS) is 28.5. The second kappa shape index (κ2) is 8.15. The number of nitrogens with one attached hydrogen (secondary N) is 1. The number of benzene rings is 1. The first-order valence-corrected chi connectivity index (χ1v) is 12.3. The van der Waals surface area contributed by atoms with Crippen LogP contribution in [0.4, 0.5) is 0 Å². The molecular formula is C22H32N2O3S. The average molecular weight is 405 g/mol. The molecule has 2 bridgehead atoms.